The average molecular weight is 814 g/mol. The second kappa shape index (κ2) is 18.8. The van der Waals surface area contributed by atoms with Crippen LogP contribution in [0.15, 0.2) is 205 Å². The summed E-state index contributed by atoms with van der Waals surface area (Å²) >= 11 is 0. The van der Waals surface area contributed by atoms with E-state index < -0.39 is 0 Å². The topological polar surface area (TPSA) is 18.1 Å². The highest BCUT2D eigenvalue weighted by molar-refractivity contribution is 6.19. The lowest BCUT2D eigenvalue weighted by molar-refractivity contribution is 0.601. The van der Waals surface area contributed by atoms with Crippen molar-refractivity contribution >= 4 is 60.4 Å². The highest BCUT2D eigenvalue weighted by Gasteiger charge is 2.16. The van der Waals surface area contributed by atoms with Crippen LogP contribution in [0.3, 0.4) is 0 Å². The first-order valence-electron chi connectivity index (χ1n) is 21.5. The molecule has 11 rings (SSSR count). The lowest BCUT2D eigenvalue weighted by Crippen LogP contribution is -1.93. The van der Waals surface area contributed by atoms with E-state index >= 15 is 0 Å². The lowest BCUT2D eigenvalue weighted by atomic mass is 10.0. The van der Waals surface area contributed by atoms with Crippen LogP contribution in [0.25, 0.3) is 88.3 Å². The third kappa shape index (κ3) is 8.69. The minimum atomic E-state index is 0.948. The van der Waals surface area contributed by atoms with Gasteiger partial charge >= 0.3 is 0 Å². The summed E-state index contributed by atoms with van der Waals surface area (Å²) in [6.07, 6.45) is 12.0. The van der Waals surface area contributed by atoms with Crippen molar-refractivity contribution in [3.05, 3.63) is 228 Å². The monoisotopic (exact) mass is 813 g/mol. The fraction of sp³-hybridized carbons (Fsp3) is 0.0820. The maximum Gasteiger partial charge on any atom is 0.135 e. The molecule has 0 saturated carbocycles. The molecule has 2 aromatic heterocycles. The number of allylic oxidation sites excluding steroid dienone is 1. The fourth-order valence-electron chi connectivity index (χ4n) is 8.41. The Morgan fingerprint density at radius 1 is 0.444 bits per heavy atom. The molecule has 2 heteroatoms. The van der Waals surface area contributed by atoms with Crippen molar-refractivity contribution in [2.45, 2.75) is 34.6 Å². The number of hydrogen-bond acceptors (Lipinski definition) is 1. The first-order valence-corrected chi connectivity index (χ1v) is 21.5. The zero-order valence-electron chi connectivity index (χ0n) is 36.6. The van der Waals surface area contributed by atoms with Gasteiger partial charge in [-0.3, -0.25) is 0 Å². The second-order valence-corrected chi connectivity index (χ2v) is 15.9. The molecule has 0 amide bonds. The molecule has 2 nitrogen and oxygen atoms in total. The molecular formula is C61H51NO. The standard InChI is InChI=1S/C29H21N.C19H18O.C11H10.C2H2/c1-20-11-13-21(14-12-20)23-16-18-28-27(19-23)26-17-15-22-7-5-6-10-25(22)29(26)30(28)24-8-3-2-4-9-24;1-4-5-18-14(3)17-12-16(10-11-19(17)20-18)15-8-6-13(2)7-9-15;1-9-5-4-7-10-6-2-3-8-11(9)10;1-2/h2-19H,1H3;4-12H,1-3H3;2-8H,1H3;1-2H/b;5-4-;;. The Bertz CT molecular complexity index is 3370. The molecule has 0 spiro atoms. The quantitative estimate of drug-likeness (QED) is 0.162. The third-order valence-corrected chi connectivity index (χ3v) is 11.7. The van der Waals surface area contributed by atoms with Crippen molar-refractivity contribution in [1.82, 2.24) is 4.57 Å². The van der Waals surface area contributed by atoms with Gasteiger partial charge in [-0.15, -0.1) is 12.8 Å². The summed E-state index contributed by atoms with van der Waals surface area (Å²) in [6.45, 7) is 10.5. The van der Waals surface area contributed by atoms with Crippen molar-refractivity contribution in [2.24, 2.45) is 0 Å². The zero-order valence-corrected chi connectivity index (χ0v) is 36.6. The predicted molar refractivity (Wildman–Crippen MR) is 273 cm³/mol. The highest BCUT2D eigenvalue weighted by Crippen LogP contribution is 2.38. The largest absolute Gasteiger partial charge is 0.456 e. The van der Waals surface area contributed by atoms with Gasteiger partial charge in [0.15, 0.2) is 0 Å². The molecule has 0 bridgehead atoms. The zero-order chi connectivity index (χ0) is 43.9. The molecule has 63 heavy (non-hydrogen) atoms. The smallest absolute Gasteiger partial charge is 0.135 e. The van der Waals surface area contributed by atoms with Gasteiger partial charge in [-0.1, -0.05) is 175 Å². The first-order chi connectivity index (χ1) is 30.9. The average Bonchev–Trinajstić information content (AvgIpc) is 3.84. The predicted octanol–water partition coefficient (Wildman–Crippen LogP) is 17.1. The number of aromatic nitrogens is 1. The van der Waals surface area contributed by atoms with Gasteiger partial charge in [0.25, 0.3) is 0 Å². The van der Waals surface area contributed by atoms with Crippen molar-refractivity contribution in [3.63, 3.8) is 0 Å². The summed E-state index contributed by atoms with van der Waals surface area (Å²) in [5.74, 6) is 0.948. The van der Waals surface area contributed by atoms with Crippen LogP contribution >= 0.6 is 0 Å². The Balaban J connectivity index is 0.000000142. The van der Waals surface area contributed by atoms with Crippen LogP contribution in [-0.4, -0.2) is 4.57 Å². The van der Waals surface area contributed by atoms with Gasteiger partial charge in [-0.2, -0.15) is 0 Å². The Labute approximate surface area is 371 Å². The summed E-state index contributed by atoms with van der Waals surface area (Å²) in [5, 5.41) is 9.01. The molecule has 0 aliphatic carbocycles. The first kappa shape index (κ1) is 41.9. The van der Waals surface area contributed by atoms with Crippen molar-refractivity contribution < 1.29 is 4.42 Å². The molecular weight excluding hydrogens is 763 g/mol. The molecule has 0 aliphatic rings. The van der Waals surface area contributed by atoms with Crippen molar-refractivity contribution in [3.8, 4) is 40.8 Å². The molecule has 0 saturated heterocycles. The highest BCUT2D eigenvalue weighted by atomic mass is 16.3. The lowest BCUT2D eigenvalue weighted by Gasteiger charge is -2.10. The van der Waals surface area contributed by atoms with Gasteiger partial charge in [0.1, 0.15) is 11.3 Å². The maximum absolute atomic E-state index is 5.86. The van der Waals surface area contributed by atoms with E-state index in [4.69, 9.17) is 4.42 Å². The molecule has 2 heterocycles. The van der Waals surface area contributed by atoms with E-state index in [1.165, 1.54) is 98.9 Å². The number of aryl methyl sites for hydroxylation is 4. The number of nitrogens with zero attached hydrogens (tertiary/aromatic N) is 1. The molecule has 0 unspecified atom stereocenters. The fourth-order valence-corrected chi connectivity index (χ4v) is 8.41. The summed E-state index contributed by atoms with van der Waals surface area (Å²) in [5.41, 5.74) is 14.7. The number of rotatable bonds is 4. The van der Waals surface area contributed by atoms with Crippen LogP contribution in [0.2, 0.25) is 0 Å². The van der Waals surface area contributed by atoms with E-state index in [1.807, 2.05) is 19.1 Å². The summed E-state index contributed by atoms with van der Waals surface area (Å²) in [4.78, 5) is 0. The molecule has 11 aromatic rings. The summed E-state index contributed by atoms with van der Waals surface area (Å²) in [7, 11) is 0. The number of terminal acetylenes is 1. The third-order valence-electron chi connectivity index (χ3n) is 11.7. The van der Waals surface area contributed by atoms with Gasteiger partial charge in [-0.25, -0.2) is 0 Å². The van der Waals surface area contributed by atoms with Crippen LogP contribution in [0.5, 0.6) is 0 Å². The van der Waals surface area contributed by atoms with E-state index in [1.54, 1.807) is 0 Å². The molecule has 0 N–H and O–H groups in total. The van der Waals surface area contributed by atoms with Gasteiger partial charge in [0, 0.05) is 32.8 Å². The van der Waals surface area contributed by atoms with E-state index in [2.05, 4.69) is 239 Å². The van der Waals surface area contributed by atoms with E-state index in [-0.39, 0.29) is 0 Å². The van der Waals surface area contributed by atoms with Crippen LogP contribution in [0, 0.1) is 40.5 Å². The molecule has 306 valence electrons. The van der Waals surface area contributed by atoms with E-state index in [9.17, 15) is 0 Å². The number of para-hydroxylation sites is 1. The van der Waals surface area contributed by atoms with Crippen molar-refractivity contribution in [2.75, 3.05) is 0 Å². The van der Waals surface area contributed by atoms with Crippen LogP contribution in [0.1, 0.15) is 34.9 Å². The molecule has 0 atom stereocenters. The van der Waals surface area contributed by atoms with Crippen molar-refractivity contribution in [1.29, 1.82) is 0 Å². The SMILES string of the molecule is C#C.C/C=C\c1oc2ccc(-c3ccc(C)cc3)cc2c1C.Cc1ccc(-c2ccc3c(c2)c2ccc4ccccc4c2n3-c2ccccc2)cc1.Cc1cccc2ccccc12. The number of furan rings is 1. The number of hydrogen-bond donors (Lipinski definition) is 0. The molecule has 0 aliphatic heterocycles. The summed E-state index contributed by atoms with van der Waals surface area (Å²) < 4.78 is 8.27. The van der Waals surface area contributed by atoms with Gasteiger partial charge in [-0.05, 0) is 121 Å². The molecule has 0 fully saturated rings. The maximum atomic E-state index is 5.86. The van der Waals surface area contributed by atoms with Gasteiger partial charge in [0.05, 0.1) is 11.0 Å². The normalized spacial score (nSPS) is 11.0. The minimum Gasteiger partial charge on any atom is -0.456 e. The Morgan fingerprint density at radius 2 is 0.984 bits per heavy atom. The molecule has 0 radical (unpaired) electrons. The van der Waals surface area contributed by atoms with Crippen LogP contribution in [-0.2, 0) is 0 Å². The number of benzene rings is 9. The Morgan fingerprint density at radius 3 is 1.62 bits per heavy atom. The second-order valence-electron chi connectivity index (χ2n) is 15.9. The van der Waals surface area contributed by atoms with Crippen LogP contribution < -0.4 is 0 Å². The minimum absolute atomic E-state index is 0.948. The van der Waals surface area contributed by atoms with Gasteiger partial charge in [0.2, 0.25) is 0 Å². The van der Waals surface area contributed by atoms with E-state index in [0.29, 0.717) is 0 Å². The van der Waals surface area contributed by atoms with Crippen LogP contribution in [0.4, 0.5) is 0 Å². The Hall–Kier alpha value is -7.86. The summed E-state index contributed by atoms with van der Waals surface area (Å²) in [6, 6.07) is 69.3. The van der Waals surface area contributed by atoms with E-state index in [0.717, 1.165) is 11.3 Å². The Kier molecular flexibility index (Phi) is 12.5. The van der Waals surface area contributed by atoms with Gasteiger partial charge < -0.3 is 8.98 Å². The molecule has 9 aromatic carbocycles. The number of fused-ring (bicyclic) bond motifs is 7.